The number of amides is 1. The minimum Gasteiger partial charge on any atom is -0.452 e. The summed E-state index contributed by atoms with van der Waals surface area (Å²) in [5, 5.41) is 2.94. The molecule has 23 heavy (non-hydrogen) atoms. The highest BCUT2D eigenvalue weighted by Crippen LogP contribution is 2.17. The van der Waals surface area contributed by atoms with Gasteiger partial charge in [-0.3, -0.25) is 4.79 Å². The van der Waals surface area contributed by atoms with Crippen LogP contribution in [0.25, 0.3) is 0 Å². The van der Waals surface area contributed by atoms with E-state index < -0.39 is 5.97 Å². The molecule has 0 saturated heterocycles. The second-order valence-electron chi connectivity index (χ2n) is 5.81. The van der Waals surface area contributed by atoms with Gasteiger partial charge in [-0.05, 0) is 36.3 Å². The summed E-state index contributed by atoms with van der Waals surface area (Å²) in [6, 6.07) is 7.62. The molecule has 0 heterocycles. The third kappa shape index (κ3) is 6.26. The molecule has 1 aromatic carbocycles. The lowest BCUT2D eigenvalue weighted by Crippen LogP contribution is -2.38. The van der Waals surface area contributed by atoms with Crippen molar-refractivity contribution < 1.29 is 14.3 Å². The number of esters is 1. The van der Waals surface area contributed by atoms with E-state index in [0.717, 1.165) is 37.2 Å². The number of hydrogen-bond acceptors (Lipinski definition) is 4. The molecule has 1 aliphatic rings. The third-order valence-electron chi connectivity index (χ3n) is 3.97. The van der Waals surface area contributed by atoms with Crippen molar-refractivity contribution in [2.75, 3.05) is 12.4 Å². The lowest BCUT2D eigenvalue weighted by molar-refractivity contribution is -0.125. The molecule has 1 N–H and O–H groups in total. The maximum Gasteiger partial charge on any atom is 0.338 e. The van der Waals surface area contributed by atoms with Crippen LogP contribution in [0.4, 0.5) is 0 Å². The van der Waals surface area contributed by atoms with Crippen molar-refractivity contribution in [1.82, 2.24) is 5.32 Å². The van der Waals surface area contributed by atoms with Gasteiger partial charge in [-0.25, -0.2) is 4.79 Å². The van der Waals surface area contributed by atoms with Crippen LogP contribution in [0.1, 0.15) is 54.9 Å². The molecule has 126 valence electrons. The molecule has 5 heteroatoms. The smallest absolute Gasteiger partial charge is 0.338 e. The van der Waals surface area contributed by atoms with Crippen LogP contribution in [-0.2, 0) is 15.3 Å². The maximum absolute atomic E-state index is 12.0. The first kappa shape index (κ1) is 17.9. The Labute approximate surface area is 142 Å². The van der Waals surface area contributed by atoms with Crippen LogP contribution in [0.5, 0.6) is 0 Å². The monoisotopic (exact) mass is 335 g/mol. The van der Waals surface area contributed by atoms with Gasteiger partial charge in [0, 0.05) is 11.8 Å². The van der Waals surface area contributed by atoms with Gasteiger partial charge in [-0.2, -0.15) is 11.8 Å². The average molecular weight is 335 g/mol. The zero-order valence-corrected chi connectivity index (χ0v) is 14.5. The van der Waals surface area contributed by atoms with Gasteiger partial charge in [-0.15, -0.1) is 0 Å². The van der Waals surface area contributed by atoms with E-state index in [1.165, 1.54) is 12.0 Å². The molecule has 1 aromatic rings. The van der Waals surface area contributed by atoms with E-state index in [-0.39, 0.29) is 18.6 Å². The highest BCUT2D eigenvalue weighted by Gasteiger charge is 2.17. The number of carbonyl (C=O) groups is 2. The van der Waals surface area contributed by atoms with Crippen molar-refractivity contribution in [1.29, 1.82) is 0 Å². The van der Waals surface area contributed by atoms with Gasteiger partial charge < -0.3 is 10.1 Å². The summed E-state index contributed by atoms with van der Waals surface area (Å²) in [4.78, 5) is 23.8. The first-order chi connectivity index (χ1) is 11.2. The first-order valence-corrected chi connectivity index (χ1v) is 9.47. The van der Waals surface area contributed by atoms with Crippen LogP contribution >= 0.6 is 11.8 Å². The van der Waals surface area contributed by atoms with Crippen molar-refractivity contribution in [3.63, 3.8) is 0 Å². The molecule has 1 amide bonds. The molecule has 2 rings (SSSR count). The van der Waals surface area contributed by atoms with Crippen LogP contribution in [0.15, 0.2) is 24.3 Å². The van der Waals surface area contributed by atoms with Crippen molar-refractivity contribution >= 4 is 23.6 Å². The van der Waals surface area contributed by atoms with Crippen LogP contribution in [0.2, 0.25) is 0 Å². The minimum absolute atomic E-state index is 0.206. The second kappa shape index (κ2) is 9.60. The van der Waals surface area contributed by atoms with E-state index in [4.69, 9.17) is 4.74 Å². The predicted octanol–water partition coefficient (Wildman–Crippen LogP) is 3.55. The normalized spacial score (nSPS) is 15.2. The fraction of sp³-hybridized carbons (Fsp3) is 0.556. The highest BCUT2D eigenvalue weighted by molar-refractivity contribution is 7.98. The average Bonchev–Trinajstić information content (AvgIpc) is 2.59. The lowest BCUT2D eigenvalue weighted by Gasteiger charge is -2.22. The van der Waals surface area contributed by atoms with Crippen molar-refractivity contribution in [3.8, 4) is 0 Å². The summed E-state index contributed by atoms with van der Waals surface area (Å²) in [5.74, 6) is 1.36. The Morgan fingerprint density at radius 1 is 1.17 bits per heavy atom. The Morgan fingerprint density at radius 2 is 1.87 bits per heavy atom. The van der Waals surface area contributed by atoms with Gasteiger partial charge in [0.05, 0.1) is 5.56 Å². The predicted molar refractivity (Wildman–Crippen MR) is 93.6 cm³/mol. The molecule has 0 atom stereocenters. The Morgan fingerprint density at radius 3 is 2.52 bits per heavy atom. The Balaban J connectivity index is 1.74. The Hall–Kier alpha value is -1.49. The van der Waals surface area contributed by atoms with Crippen molar-refractivity contribution in [2.24, 2.45) is 0 Å². The van der Waals surface area contributed by atoms with E-state index >= 15 is 0 Å². The van der Waals surface area contributed by atoms with Gasteiger partial charge in [0.25, 0.3) is 5.91 Å². The van der Waals surface area contributed by atoms with Crippen LogP contribution in [0.3, 0.4) is 0 Å². The quantitative estimate of drug-likeness (QED) is 0.774. The van der Waals surface area contributed by atoms with Crippen molar-refractivity contribution in [3.05, 3.63) is 35.4 Å². The molecule has 0 aromatic heterocycles. The number of nitrogens with one attached hydrogen (secondary N) is 1. The number of benzene rings is 1. The molecule has 0 radical (unpaired) electrons. The number of hydrogen-bond donors (Lipinski definition) is 1. The SMILES string of the molecule is CCSCc1ccc(C(=O)OCC(=O)NC2CCCCC2)cc1. The van der Waals surface area contributed by atoms with Crippen LogP contribution in [-0.4, -0.2) is 30.3 Å². The molecule has 0 unspecified atom stereocenters. The maximum atomic E-state index is 12.0. The molecular weight excluding hydrogens is 310 g/mol. The summed E-state index contributed by atoms with van der Waals surface area (Å²) in [5.41, 5.74) is 1.67. The largest absolute Gasteiger partial charge is 0.452 e. The number of ether oxygens (including phenoxy) is 1. The molecule has 1 aliphatic carbocycles. The van der Waals surface area contributed by atoms with E-state index in [9.17, 15) is 9.59 Å². The van der Waals surface area contributed by atoms with Gasteiger partial charge in [0.2, 0.25) is 0 Å². The summed E-state index contributed by atoms with van der Waals surface area (Å²) in [7, 11) is 0. The summed E-state index contributed by atoms with van der Waals surface area (Å²) < 4.78 is 5.10. The molecule has 0 bridgehead atoms. The molecule has 0 aliphatic heterocycles. The Kier molecular flexibility index (Phi) is 7.46. The number of rotatable bonds is 7. The van der Waals surface area contributed by atoms with Gasteiger partial charge in [0.1, 0.15) is 0 Å². The molecule has 1 saturated carbocycles. The van der Waals surface area contributed by atoms with Crippen LogP contribution < -0.4 is 5.32 Å². The summed E-state index contributed by atoms with van der Waals surface area (Å²) in [6.45, 7) is 1.91. The standard InChI is InChI=1S/C18H25NO3S/c1-2-23-13-14-8-10-15(11-9-14)18(21)22-12-17(20)19-16-6-4-3-5-7-16/h8-11,16H,2-7,12-13H2,1H3,(H,19,20). The topological polar surface area (TPSA) is 55.4 Å². The third-order valence-corrected chi connectivity index (χ3v) is 4.91. The first-order valence-electron chi connectivity index (χ1n) is 8.32. The fourth-order valence-corrected chi connectivity index (χ4v) is 3.32. The minimum atomic E-state index is -0.446. The van der Waals surface area contributed by atoms with Gasteiger partial charge in [-0.1, -0.05) is 38.3 Å². The zero-order valence-electron chi connectivity index (χ0n) is 13.7. The number of thioether (sulfide) groups is 1. The van der Waals surface area contributed by atoms with Gasteiger partial charge >= 0.3 is 5.97 Å². The van der Waals surface area contributed by atoms with E-state index in [0.29, 0.717) is 5.56 Å². The fourth-order valence-electron chi connectivity index (χ4n) is 2.69. The van der Waals surface area contributed by atoms with E-state index in [2.05, 4.69) is 12.2 Å². The zero-order chi connectivity index (χ0) is 16.5. The molecule has 0 spiro atoms. The molecule has 4 nitrogen and oxygen atoms in total. The van der Waals surface area contributed by atoms with Crippen molar-refractivity contribution in [2.45, 2.75) is 50.8 Å². The lowest BCUT2D eigenvalue weighted by atomic mass is 9.95. The molecular formula is C18H25NO3S. The second-order valence-corrected chi connectivity index (χ2v) is 7.09. The number of carbonyl (C=O) groups excluding carboxylic acids is 2. The van der Waals surface area contributed by atoms with Crippen LogP contribution in [0, 0.1) is 0 Å². The molecule has 1 fully saturated rings. The van der Waals surface area contributed by atoms with Gasteiger partial charge in [0.15, 0.2) is 6.61 Å². The van der Waals surface area contributed by atoms with E-state index in [1.54, 1.807) is 12.1 Å². The van der Waals surface area contributed by atoms with E-state index in [1.807, 2.05) is 23.9 Å². The summed E-state index contributed by atoms with van der Waals surface area (Å²) >= 11 is 1.84. The summed E-state index contributed by atoms with van der Waals surface area (Å²) in [6.07, 6.45) is 5.61. The Bertz CT molecular complexity index is 510. The highest BCUT2D eigenvalue weighted by atomic mass is 32.2.